The molecule has 2 heterocycles. The predicted molar refractivity (Wildman–Crippen MR) is 136 cm³/mol. The molecule has 3 aromatic rings. The first-order valence-electron chi connectivity index (χ1n) is 11.0. The number of halogens is 1. The first-order valence-corrected chi connectivity index (χ1v) is 12.6. The molecule has 9 heteroatoms. The third-order valence-electron chi connectivity index (χ3n) is 5.33. The van der Waals surface area contributed by atoms with E-state index in [1.165, 1.54) is 0 Å². The molecule has 0 saturated heterocycles. The Hall–Kier alpha value is -2.59. The van der Waals surface area contributed by atoms with E-state index in [0.717, 1.165) is 42.2 Å². The molecule has 2 aromatic carbocycles. The number of thiazole rings is 1. The number of β-amino-alcohol motifs (C(OH)–C–C–N with tert-alkyl or cyclic N) is 1. The predicted octanol–water partition coefficient (Wildman–Crippen LogP) is 4.39. The fourth-order valence-corrected chi connectivity index (χ4v) is 6.20. The molecular weight excluding hydrogens is 474 g/mol. The zero-order chi connectivity index (χ0) is 24.1. The molecule has 0 spiro atoms. The van der Waals surface area contributed by atoms with Gasteiger partial charge in [-0.05, 0) is 42.8 Å². The average Bonchev–Trinajstić information content (AvgIpc) is 3.34. The first-order chi connectivity index (χ1) is 16.6. The van der Waals surface area contributed by atoms with Crippen molar-refractivity contribution in [3.8, 4) is 11.5 Å². The maximum absolute atomic E-state index is 12.5. The van der Waals surface area contributed by atoms with Gasteiger partial charge in [0.2, 0.25) is 5.52 Å². The van der Waals surface area contributed by atoms with Gasteiger partial charge in [0.25, 0.3) is 5.01 Å². The summed E-state index contributed by atoms with van der Waals surface area (Å²) in [5.74, 6) is 1.39. The Kier molecular flexibility index (Phi) is 8.10. The number of hydrogen-bond donors (Lipinski definition) is 2. The van der Waals surface area contributed by atoms with E-state index >= 15 is 0 Å². The van der Waals surface area contributed by atoms with E-state index in [4.69, 9.17) is 9.47 Å². The highest BCUT2D eigenvalue weighted by atomic mass is 32.2. The minimum atomic E-state index is -0.540. The molecule has 6 nitrogen and oxygen atoms in total. The van der Waals surface area contributed by atoms with Crippen molar-refractivity contribution in [2.45, 2.75) is 18.4 Å². The van der Waals surface area contributed by atoms with Crippen molar-refractivity contribution in [3.63, 3.8) is 0 Å². The molecule has 0 saturated carbocycles. The largest absolute Gasteiger partial charge is 0.497 e. The number of methoxy groups -OCH3 is 1. The van der Waals surface area contributed by atoms with Crippen LogP contribution in [-0.2, 0) is 6.54 Å². The van der Waals surface area contributed by atoms with Gasteiger partial charge in [-0.2, -0.15) is 4.57 Å². The van der Waals surface area contributed by atoms with Crippen molar-refractivity contribution in [1.29, 1.82) is 0 Å². The number of anilines is 1. The Morgan fingerprint density at radius 1 is 1.15 bits per heavy atom. The molecule has 180 valence electrons. The van der Waals surface area contributed by atoms with Crippen molar-refractivity contribution in [2.75, 3.05) is 45.0 Å². The molecule has 1 aromatic heterocycles. The van der Waals surface area contributed by atoms with E-state index < -0.39 is 6.67 Å². The summed E-state index contributed by atoms with van der Waals surface area (Å²) in [6, 6.07) is 11.7. The average molecular weight is 503 g/mol. The molecule has 34 heavy (non-hydrogen) atoms. The normalized spacial score (nSPS) is 14.8. The second-order valence-corrected chi connectivity index (χ2v) is 9.79. The molecule has 1 aliphatic rings. The number of hydrogen-bond acceptors (Lipinski definition) is 7. The van der Waals surface area contributed by atoms with E-state index in [-0.39, 0.29) is 19.8 Å². The van der Waals surface area contributed by atoms with Gasteiger partial charge in [-0.25, -0.2) is 4.39 Å². The SMILES string of the molecule is COc1ccc2sc(/C=C(C)/C=C3\Sc4ccc(OCC[18F])cc4N3CCO)[n+](CCO)c2c1. The van der Waals surface area contributed by atoms with Crippen LogP contribution in [0.25, 0.3) is 16.3 Å². The van der Waals surface area contributed by atoms with Gasteiger partial charge in [-0.1, -0.05) is 23.1 Å². The Morgan fingerprint density at radius 3 is 2.71 bits per heavy atom. The maximum atomic E-state index is 12.5. The van der Waals surface area contributed by atoms with E-state index in [1.54, 1.807) is 30.2 Å². The number of aliphatic hydroxyl groups excluding tert-OH is 2. The van der Waals surface area contributed by atoms with Crippen LogP contribution in [0.15, 0.2) is 58.0 Å². The van der Waals surface area contributed by atoms with Crippen LogP contribution in [0.2, 0.25) is 0 Å². The van der Waals surface area contributed by atoms with Gasteiger partial charge in [0.15, 0.2) is 6.54 Å². The van der Waals surface area contributed by atoms with Crippen molar-refractivity contribution in [2.24, 2.45) is 0 Å². The summed E-state index contributed by atoms with van der Waals surface area (Å²) in [5, 5.41) is 21.3. The number of rotatable bonds is 10. The summed E-state index contributed by atoms with van der Waals surface area (Å²) in [4.78, 5) is 3.11. The number of ether oxygens (including phenoxy) is 2. The molecule has 0 unspecified atom stereocenters. The Bertz CT molecular complexity index is 1230. The van der Waals surface area contributed by atoms with Crippen molar-refractivity contribution in [1.82, 2.24) is 0 Å². The first kappa shape index (κ1) is 24.5. The van der Waals surface area contributed by atoms with Crippen LogP contribution >= 0.6 is 23.1 Å². The molecule has 0 fully saturated rings. The topological polar surface area (TPSA) is 66.0 Å². The van der Waals surface area contributed by atoms with Gasteiger partial charge in [0.1, 0.15) is 36.1 Å². The monoisotopic (exact) mass is 502 g/mol. The van der Waals surface area contributed by atoms with Gasteiger partial charge in [0.05, 0.1) is 30.5 Å². The van der Waals surface area contributed by atoms with Crippen LogP contribution in [0.1, 0.15) is 11.9 Å². The number of aliphatic hydroxyl groups is 2. The number of nitrogens with zero attached hydrogens (tertiary/aromatic N) is 2. The smallest absolute Gasteiger partial charge is 0.263 e. The number of fused-ring (bicyclic) bond motifs is 2. The van der Waals surface area contributed by atoms with Crippen LogP contribution in [0.4, 0.5) is 10.1 Å². The van der Waals surface area contributed by atoms with Gasteiger partial charge < -0.3 is 24.6 Å². The summed E-state index contributed by atoms with van der Waals surface area (Å²) < 4.78 is 26.6. The molecular formula is C25H28FN2O4S2+. The Balaban J connectivity index is 1.67. The highest BCUT2D eigenvalue weighted by Gasteiger charge is 2.26. The summed E-state index contributed by atoms with van der Waals surface area (Å²) in [6.07, 6.45) is 4.20. The summed E-state index contributed by atoms with van der Waals surface area (Å²) >= 11 is 3.29. The van der Waals surface area contributed by atoms with Crippen LogP contribution in [0.3, 0.4) is 0 Å². The number of benzene rings is 2. The molecule has 0 amide bonds. The van der Waals surface area contributed by atoms with E-state index in [0.29, 0.717) is 18.8 Å². The number of thioether (sulfide) groups is 1. The van der Waals surface area contributed by atoms with E-state index in [1.807, 2.05) is 43.3 Å². The molecule has 2 N–H and O–H groups in total. The van der Waals surface area contributed by atoms with Gasteiger partial charge in [-0.3, -0.25) is 0 Å². The zero-order valence-electron chi connectivity index (χ0n) is 19.2. The van der Waals surface area contributed by atoms with Crippen molar-refractivity contribution >= 4 is 45.1 Å². The molecule has 0 radical (unpaired) electrons. The minimum absolute atomic E-state index is 0.00428. The van der Waals surface area contributed by atoms with Crippen LogP contribution in [0.5, 0.6) is 11.5 Å². The Morgan fingerprint density at radius 2 is 1.97 bits per heavy atom. The maximum Gasteiger partial charge on any atom is 0.263 e. The highest BCUT2D eigenvalue weighted by Crippen LogP contribution is 2.47. The second-order valence-electron chi connectivity index (χ2n) is 7.66. The lowest BCUT2D eigenvalue weighted by atomic mass is 10.2. The molecule has 0 bridgehead atoms. The number of allylic oxidation sites excluding steroid dienone is 2. The summed E-state index contributed by atoms with van der Waals surface area (Å²) in [5.41, 5.74) is 3.01. The fourth-order valence-electron chi connectivity index (χ4n) is 3.84. The summed E-state index contributed by atoms with van der Waals surface area (Å²) in [6.45, 7) is 2.49. The minimum Gasteiger partial charge on any atom is -0.497 e. The van der Waals surface area contributed by atoms with Crippen molar-refractivity contribution < 1.29 is 28.6 Å². The number of alkyl halides is 1. The third kappa shape index (κ3) is 5.22. The van der Waals surface area contributed by atoms with Gasteiger partial charge in [0, 0.05) is 23.6 Å². The fraction of sp³-hybridized carbons (Fsp3) is 0.320. The van der Waals surface area contributed by atoms with Gasteiger partial charge >= 0.3 is 0 Å². The molecule has 1 aliphatic heterocycles. The van der Waals surface area contributed by atoms with Crippen LogP contribution < -0.4 is 18.9 Å². The van der Waals surface area contributed by atoms with E-state index in [9.17, 15) is 14.6 Å². The highest BCUT2D eigenvalue weighted by molar-refractivity contribution is 8.03. The summed E-state index contributed by atoms with van der Waals surface area (Å²) in [7, 11) is 1.65. The van der Waals surface area contributed by atoms with E-state index in [2.05, 4.69) is 21.6 Å². The zero-order valence-corrected chi connectivity index (χ0v) is 20.8. The quantitative estimate of drug-likeness (QED) is 0.401. The standard InChI is InChI=1S/C25H28FN2O4S2/c1-17(13-24-27(8-10-29)20-15-18(31-2)3-5-22(20)33-24)14-25-28(9-11-30)21-16-19(32-12-7-26)4-6-23(21)34-25/h3-6,13-16,29-30H,7-12H2,1-2H3/q+1/i26-1. The van der Waals surface area contributed by atoms with Crippen molar-refractivity contribution in [3.05, 3.63) is 58.1 Å². The number of aromatic nitrogens is 1. The lowest BCUT2D eigenvalue weighted by Gasteiger charge is -2.19. The lowest BCUT2D eigenvalue weighted by Crippen LogP contribution is -2.36. The molecule has 0 aliphatic carbocycles. The van der Waals surface area contributed by atoms with Crippen LogP contribution in [0, 0.1) is 0 Å². The van der Waals surface area contributed by atoms with Crippen LogP contribution in [-0.4, -0.2) is 50.4 Å². The molecule has 4 rings (SSSR count). The van der Waals surface area contributed by atoms with Gasteiger partial charge in [-0.15, -0.1) is 0 Å². The lowest BCUT2D eigenvalue weighted by molar-refractivity contribution is -0.670. The second kappa shape index (κ2) is 11.2. The molecule has 0 atom stereocenters. The Labute approximate surface area is 206 Å². The third-order valence-corrected chi connectivity index (χ3v) is 7.56.